The van der Waals surface area contributed by atoms with E-state index in [-0.39, 0.29) is 0 Å². The van der Waals surface area contributed by atoms with Crippen molar-refractivity contribution in [1.82, 2.24) is 14.4 Å². The lowest BCUT2D eigenvalue weighted by molar-refractivity contribution is 1.23. The van der Waals surface area contributed by atoms with Crippen LogP contribution in [0.2, 0.25) is 0 Å². The molecule has 0 aliphatic rings. The van der Waals surface area contributed by atoms with E-state index in [0.29, 0.717) is 0 Å². The third-order valence-corrected chi connectivity index (χ3v) is 5.49. The maximum atomic E-state index is 4.55. The molecule has 3 heterocycles. The normalized spacial score (nSPS) is 10.5. The summed E-state index contributed by atoms with van der Waals surface area (Å²) in [5, 5.41) is 5.12. The fraction of sp³-hybridized carbons (Fsp3) is 0.0476. The quantitative estimate of drug-likeness (QED) is 0.369. The molecule has 2 aromatic carbocycles. The summed E-state index contributed by atoms with van der Waals surface area (Å²) in [6.07, 6.45) is 5.92. The van der Waals surface area contributed by atoms with Crippen molar-refractivity contribution in [3.05, 3.63) is 89.5 Å². The Balaban J connectivity index is 0.000000136. The predicted octanol–water partition coefficient (Wildman–Crippen LogP) is 6.18. The number of aromatic nitrogens is 3. The number of fused-ring (bicyclic) bond motifs is 1. The molecule has 0 atom stereocenters. The van der Waals surface area contributed by atoms with Crippen LogP contribution >= 0.6 is 22.7 Å². The number of thiazole rings is 2. The summed E-state index contributed by atoms with van der Waals surface area (Å²) < 4.78 is 2.06. The predicted molar refractivity (Wildman–Crippen MR) is 111 cm³/mol. The van der Waals surface area contributed by atoms with Gasteiger partial charge in [0.1, 0.15) is 5.01 Å². The lowest BCUT2D eigenvalue weighted by atomic mass is 10.1. The van der Waals surface area contributed by atoms with E-state index in [9.17, 15) is 0 Å². The molecule has 5 rings (SSSR count). The molecule has 0 bridgehead atoms. The highest BCUT2D eigenvalue weighted by Crippen LogP contribution is 2.22. The van der Waals surface area contributed by atoms with Crippen LogP contribution in [-0.2, 0) is 0 Å². The summed E-state index contributed by atoms with van der Waals surface area (Å²) in [6, 6.07) is 18.7. The number of hydrogen-bond acceptors (Lipinski definition) is 4. The summed E-state index contributed by atoms with van der Waals surface area (Å²) in [5.74, 6) is 0. The van der Waals surface area contributed by atoms with E-state index in [0.717, 1.165) is 15.7 Å². The lowest BCUT2D eigenvalue weighted by Crippen LogP contribution is -1.77. The van der Waals surface area contributed by atoms with E-state index in [1.165, 1.54) is 16.7 Å². The molecule has 0 amide bonds. The van der Waals surface area contributed by atoms with E-state index in [1.807, 2.05) is 41.4 Å². The molecule has 0 unspecified atom stereocenters. The Kier molecular flexibility index (Phi) is 4.91. The van der Waals surface area contributed by atoms with Gasteiger partial charge in [0.2, 0.25) is 0 Å². The zero-order valence-electron chi connectivity index (χ0n) is 14.2. The second kappa shape index (κ2) is 7.64. The molecule has 0 radical (unpaired) electrons. The highest BCUT2D eigenvalue weighted by Gasteiger charge is 2.04. The van der Waals surface area contributed by atoms with Crippen molar-refractivity contribution < 1.29 is 0 Å². The summed E-state index contributed by atoms with van der Waals surface area (Å²) in [6.45, 7) is 2.09. The minimum Gasteiger partial charge on any atom is -0.297 e. The molecule has 0 N–H and O–H groups in total. The first-order chi connectivity index (χ1) is 12.8. The number of rotatable bonds is 2. The van der Waals surface area contributed by atoms with E-state index in [4.69, 9.17) is 0 Å². The van der Waals surface area contributed by atoms with Gasteiger partial charge in [-0.15, -0.1) is 22.7 Å². The SMILES string of the molecule is Cc1ccc(-c2cn3ccsc3n2)cc1.c1ccc(-c2nccs2)cc1. The van der Waals surface area contributed by atoms with Crippen LogP contribution in [0.1, 0.15) is 5.56 Å². The molecule has 26 heavy (non-hydrogen) atoms. The van der Waals surface area contributed by atoms with Crippen molar-refractivity contribution in [3.63, 3.8) is 0 Å². The molecule has 5 aromatic rings. The van der Waals surface area contributed by atoms with Gasteiger partial charge in [-0.25, -0.2) is 9.97 Å². The van der Waals surface area contributed by atoms with E-state index >= 15 is 0 Å². The van der Waals surface area contributed by atoms with Gasteiger partial charge >= 0.3 is 0 Å². The smallest absolute Gasteiger partial charge is 0.194 e. The molecular weight excluding hydrogens is 358 g/mol. The van der Waals surface area contributed by atoms with Crippen LogP contribution in [0.4, 0.5) is 0 Å². The van der Waals surface area contributed by atoms with Crippen molar-refractivity contribution in [3.8, 4) is 21.8 Å². The Morgan fingerprint density at radius 3 is 2.35 bits per heavy atom. The topological polar surface area (TPSA) is 30.2 Å². The third-order valence-electron chi connectivity index (χ3n) is 3.89. The van der Waals surface area contributed by atoms with Gasteiger partial charge in [-0.3, -0.25) is 4.40 Å². The van der Waals surface area contributed by atoms with E-state index in [1.54, 1.807) is 22.7 Å². The summed E-state index contributed by atoms with van der Waals surface area (Å²) in [4.78, 5) is 9.81. The van der Waals surface area contributed by atoms with Gasteiger partial charge in [-0.05, 0) is 6.92 Å². The summed E-state index contributed by atoms with van der Waals surface area (Å²) in [5.41, 5.74) is 4.70. The van der Waals surface area contributed by atoms with E-state index < -0.39 is 0 Å². The molecule has 0 aliphatic heterocycles. The number of imidazole rings is 1. The zero-order valence-corrected chi connectivity index (χ0v) is 15.9. The Labute approximate surface area is 160 Å². The molecular formula is C21H17N3S2. The van der Waals surface area contributed by atoms with Crippen LogP contribution in [0.25, 0.3) is 26.8 Å². The summed E-state index contributed by atoms with van der Waals surface area (Å²) in [7, 11) is 0. The van der Waals surface area contributed by atoms with Gasteiger partial charge < -0.3 is 0 Å². The minimum atomic E-state index is 1.04. The average molecular weight is 376 g/mol. The Hall–Kier alpha value is -2.76. The van der Waals surface area contributed by atoms with Crippen LogP contribution < -0.4 is 0 Å². The Morgan fingerprint density at radius 1 is 0.846 bits per heavy atom. The minimum absolute atomic E-state index is 1.04. The Bertz CT molecular complexity index is 1050. The van der Waals surface area contributed by atoms with Crippen LogP contribution in [0.3, 0.4) is 0 Å². The average Bonchev–Trinajstić information content (AvgIpc) is 3.41. The molecule has 128 valence electrons. The molecule has 0 aliphatic carbocycles. The fourth-order valence-corrected chi connectivity index (χ4v) is 3.88. The van der Waals surface area contributed by atoms with Gasteiger partial charge in [0.25, 0.3) is 0 Å². The second-order valence-electron chi connectivity index (χ2n) is 5.79. The second-order valence-corrected chi connectivity index (χ2v) is 7.56. The third kappa shape index (κ3) is 3.74. The van der Waals surface area contributed by atoms with Gasteiger partial charge in [-0.1, -0.05) is 60.2 Å². The van der Waals surface area contributed by atoms with Gasteiger partial charge in [0.05, 0.1) is 5.69 Å². The standard InChI is InChI=1S/C12H10N2S.C9H7NS/c1-9-2-4-10(5-3-9)11-8-14-6-7-15-12(14)13-11;1-2-4-8(5-3-1)9-10-6-7-11-9/h2-8H,1H3;1-7H. The molecule has 0 fully saturated rings. The lowest BCUT2D eigenvalue weighted by Gasteiger charge is -1.96. The first kappa shape index (κ1) is 16.7. The van der Waals surface area contributed by atoms with Crippen LogP contribution in [0.15, 0.2) is 83.9 Å². The summed E-state index contributed by atoms with van der Waals surface area (Å²) >= 11 is 3.32. The zero-order chi connectivity index (χ0) is 17.8. The first-order valence-corrected chi connectivity index (χ1v) is 10.00. The Morgan fingerprint density at radius 2 is 1.65 bits per heavy atom. The largest absolute Gasteiger partial charge is 0.297 e. The number of nitrogens with zero attached hydrogens (tertiary/aromatic N) is 3. The number of hydrogen-bond donors (Lipinski definition) is 0. The number of benzene rings is 2. The fourth-order valence-electron chi connectivity index (χ4n) is 2.54. The molecule has 0 saturated carbocycles. The maximum absolute atomic E-state index is 4.55. The van der Waals surface area contributed by atoms with Gasteiger partial charge in [0.15, 0.2) is 4.96 Å². The molecule has 0 saturated heterocycles. The van der Waals surface area contributed by atoms with Crippen molar-refractivity contribution >= 4 is 27.6 Å². The van der Waals surface area contributed by atoms with E-state index in [2.05, 4.69) is 63.9 Å². The van der Waals surface area contributed by atoms with Crippen LogP contribution in [0, 0.1) is 6.92 Å². The van der Waals surface area contributed by atoms with Crippen molar-refractivity contribution in [1.29, 1.82) is 0 Å². The maximum Gasteiger partial charge on any atom is 0.194 e. The first-order valence-electron chi connectivity index (χ1n) is 8.24. The van der Waals surface area contributed by atoms with Crippen molar-refractivity contribution in [2.45, 2.75) is 6.92 Å². The number of aryl methyl sites for hydroxylation is 1. The van der Waals surface area contributed by atoms with Crippen molar-refractivity contribution in [2.75, 3.05) is 0 Å². The van der Waals surface area contributed by atoms with Gasteiger partial charge in [-0.2, -0.15) is 0 Å². The monoisotopic (exact) mass is 375 g/mol. The highest BCUT2D eigenvalue weighted by molar-refractivity contribution is 7.15. The molecule has 3 nitrogen and oxygen atoms in total. The molecule has 5 heteroatoms. The highest BCUT2D eigenvalue weighted by atomic mass is 32.1. The molecule has 3 aromatic heterocycles. The van der Waals surface area contributed by atoms with Crippen LogP contribution in [-0.4, -0.2) is 14.4 Å². The van der Waals surface area contributed by atoms with Crippen LogP contribution in [0.5, 0.6) is 0 Å². The van der Waals surface area contributed by atoms with Crippen molar-refractivity contribution in [2.24, 2.45) is 0 Å². The molecule has 0 spiro atoms. The van der Waals surface area contributed by atoms with Gasteiger partial charge in [0, 0.05) is 40.5 Å².